The summed E-state index contributed by atoms with van der Waals surface area (Å²) in [5, 5.41) is 3.53. The second kappa shape index (κ2) is 6.57. The summed E-state index contributed by atoms with van der Waals surface area (Å²) in [4.78, 5) is 0. The molecule has 2 aromatic rings. The highest BCUT2D eigenvalue weighted by Crippen LogP contribution is 2.23. The van der Waals surface area contributed by atoms with Crippen molar-refractivity contribution in [2.45, 2.75) is 19.4 Å². The summed E-state index contributed by atoms with van der Waals surface area (Å²) in [6, 6.07) is 17.3. The summed E-state index contributed by atoms with van der Waals surface area (Å²) in [5.41, 5.74) is 2.54. The van der Waals surface area contributed by atoms with E-state index in [0.717, 1.165) is 10.9 Å². The van der Waals surface area contributed by atoms with Gasteiger partial charge in [0.25, 0.3) is 0 Å². The summed E-state index contributed by atoms with van der Waals surface area (Å²) >= 11 is 5.85. The summed E-state index contributed by atoms with van der Waals surface area (Å²) in [5.74, 6) is 0. The van der Waals surface area contributed by atoms with Gasteiger partial charge in [-0.3, -0.25) is 0 Å². The first-order valence-electron chi connectivity index (χ1n) is 5.90. The van der Waals surface area contributed by atoms with E-state index in [1.807, 2.05) is 0 Å². The Bertz CT molecular complexity index is 513. The normalized spacial score (nSPS) is 12.2. The Morgan fingerprint density at radius 3 is 2.56 bits per heavy atom. The van der Waals surface area contributed by atoms with Crippen molar-refractivity contribution in [3.63, 3.8) is 0 Å². The zero-order valence-electron chi connectivity index (χ0n) is 10.2. The van der Waals surface area contributed by atoms with Crippen LogP contribution in [0.1, 0.15) is 12.5 Å². The lowest BCUT2D eigenvalue weighted by Gasteiger charge is -2.16. The average Bonchev–Trinajstić information content (AvgIpc) is 2.35. The number of hydrogen-bond donors (Lipinski definition) is 1. The molecule has 2 aromatic carbocycles. The molecule has 0 bridgehead atoms. The molecule has 94 valence electrons. The lowest BCUT2D eigenvalue weighted by atomic mass is 10.1. The fourth-order valence-electron chi connectivity index (χ4n) is 1.89. The molecule has 0 heterocycles. The lowest BCUT2D eigenvalue weighted by Crippen LogP contribution is -2.18. The van der Waals surface area contributed by atoms with Crippen LogP contribution >= 0.6 is 38.5 Å². The smallest absolute Gasteiger partial charge is 0.0353 e. The predicted octanol–water partition coefficient (Wildman–Crippen LogP) is 5.10. The number of nitrogens with one attached hydrogen (secondary N) is 1. The fourth-order valence-corrected chi connectivity index (χ4v) is 2.65. The maximum Gasteiger partial charge on any atom is 0.0353 e. The molecule has 1 N–H and O–H groups in total. The summed E-state index contributed by atoms with van der Waals surface area (Å²) in [6.45, 7) is 2.21. The van der Waals surface area contributed by atoms with Crippen molar-refractivity contribution < 1.29 is 0 Å². The number of halogens is 2. The van der Waals surface area contributed by atoms with Crippen molar-refractivity contribution in [2.75, 3.05) is 5.32 Å². The minimum absolute atomic E-state index is 0.421. The van der Waals surface area contributed by atoms with Crippen LogP contribution in [0, 0.1) is 3.57 Å². The molecule has 0 amide bonds. The van der Waals surface area contributed by atoms with E-state index < -0.39 is 0 Å². The van der Waals surface area contributed by atoms with Crippen LogP contribution in [0.3, 0.4) is 0 Å². The number of rotatable bonds is 4. The lowest BCUT2D eigenvalue weighted by molar-refractivity contribution is 0.790. The molecule has 0 aliphatic rings. The van der Waals surface area contributed by atoms with Crippen molar-refractivity contribution in [2.24, 2.45) is 0 Å². The van der Waals surface area contributed by atoms with E-state index in [2.05, 4.69) is 99.3 Å². The average molecular weight is 416 g/mol. The Kier molecular flexibility index (Phi) is 5.06. The first-order valence-corrected chi connectivity index (χ1v) is 7.78. The molecule has 3 heteroatoms. The highest BCUT2D eigenvalue weighted by Gasteiger charge is 2.04. The zero-order valence-corrected chi connectivity index (χ0v) is 13.9. The van der Waals surface area contributed by atoms with Crippen molar-refractivity contribution in [3.8, 4) is 0 Å². The third-order valence-corrected chi connectivity index (χ3v) is 5.04. The summed E-state index contributed by atoms with van der Waals surface area (Å²) in [7, 11) is 0. The van der Waals surface area contributed by atoms with Gasteiger partial charge in [0.2, 0.25) is 0 Å². The standard InChI is InChI=1S/C15H15BrIN/c1-11(9-12-5-3-2-4-6-12)18-13-7-8-14(16)15(17)10-13/h2-8,10-11,18H,9H2,1H3. The van der Waals surface area contributed by atoms with Crippen molar-refractivity contribution >= 4 is 44.2 Å². The minimum atomic E-state index is 0.421. The highest BCUT2D eigenvalue weighted by atomic mass is 127. The molecule has 0 saturated carbocycles. The van der Waals surface area contributed by atoms with Crippen LogP contribution in [0.2, 0.25) is 0 Å². The van der Waals surface area contributed by atoms with E-state index in [9.17, 15) is 0 Å². The Hall–Kier alpha value is -0.550. The quantitative estimate of drug-likeness (QED) is 0.685. The van der Waals surface area contributed by atoms with Crippen LogP contribution in [0.5, 0.6) is 0 Å². The number of anilines is 1. The van der Waals surface area contributed by atoms with Gasteiger partial charge in [0.05, 0.1) is 0 Å². The van der Waals surface area contributed by atoms with E-state index >= 15 is 0 Å². The summed E-state index contributed by atoms with van der Waals surface area (Å²) in [6.07, 6.45) is 1.04. The zero-order chi connectivity index (χ0) is 13.0. The SMILES string of the molecule is CC(Cc1ccccc1)Nc1ccc(Br)c(I)c1. The van der Waals surface area contributed by atoms with Gasteiger partial charge < -0.3 is 5.32 Å². The molecule has 0 aliphatic carbocycles. The fraction of sp³-hybridized carbons (Fsp3) is 0.200. The first-order chi connectivity index (χ1) is 8.65. The van der Waals surface area contributed by atoms with Crippen molar-refractivity contribution in [3.05, 3.63) is 62.1 Å². The molecular weight excluding hydrogens is 401 g/mol. The molecule has 1 unspecified atom stereocenters. The Morgan fingerprint density at radius 2 is 1.89 bits per heavy atom. The van der Waals surface area contributed by atoms with Gasteiger partial charge in [-0.1, -0.05) is 30.3 Å². The molecular formula is C15H15BrIN. The van der Waals surface area contributed by atoms with E-state index in [1.165, 1.54) is 14.8 Å². The van der Waals surface area contributed by atoms with Crippen molar-refractivity contribution in [1.29, 1.82) is 0 Å². The van der Waals surface area contributed by atoms with Crippen LogP contribution in [-0.2, 0) is 6.42 Å². The molecule has 0 aliphatic heterocycles. The minimum Gasteiger partial charge on any atom is -0.382 e. The van der Waals surface area contributed by atoms with Gasteiger partial charge in [0, 0.05) is 19.8 Å². The molecule has 0 spiro atoms. The Labute approximate surface area is 130 Å². The van der Waals surface area contributed by atoms with Gasteiger partial charge in [-0.15, -0.1) is 0 Å². The molecule has 1 nitrogen and oxygen atoms in total. The summed E-state index contributed by atoms with van der Waals surface area (Å²) < 4.78 is 2.37. The van der Waals surface area contributed by atoms with Crippen LogP contribution in [0.25, 0.3) is 0 Å². The Morgan fingerprint density at radius 1 is 1.17 bits per heavy atom. The Balaban J connectivity index is 1.99. The van der Waals surface area contributed by atoms with Crippen molar-refractivity contribution in [1.82, 2.24) is 0 Å². The number of hydrogen-bond acceptors (Lipinski definition) is 1. The predicted molar refractivity (Wildman–Crippen MR) is 90.1 cm³/mol. The first kappa shape index (κ1) is 13.9. The third kappa shape index (κ3) is 3.99. The van der Waals surface area contributed by atoms with E-state index in [4.69, 9.17) is 0 Å². The van der Waals surface area contributed by atoms with E-state index in [0.29, 0.717) is 6.04 Å². The third-order valence-electron chi connectivity index (χ3n) is 2.72. The molecule has 0 radical (unpaired) electrons. The van der Waals surface area contributed by atoms with Gasteiger partial charge in [-0.2, -0.15) is 0 Å². The van der Waals surface area contributed by atoms with Crippen LogP contribution < -0.4 is 5.32 Å². The molecule has 2 rings (SSSR count). The molecule has 1 atom stereocenters. The largest absolute Gasteiger partial charge is 0.382 e. The number of benzene rings is 2. The maximum absolute atomic E-state index is 3.53. The molecule has 0 fully saturated rings. The second-order valence-corrected chi connectivity index (χ2v) is 6.38. The van der Waals surface area contributed by atoms with Crippen LogP contribution in [-0.4, -0.2) is 6.04 Å². The molecule has 18 heavy (non-hydrogen) atoms. The van der Waals surface area contributed by atoms with Crippen LogP contribution in [0.15, 0.2) is 53.0 Å². The topological polar surface area (TPSA) is 12.0 Å². The molecule has 0 aromatic heterocycles. The molecule has 0 saturated heterocycles. The van der Waals surface area contributed by atoms with Gasteiger partial charge in [0.1, 0.15) is 0 Å². The second-order valence-electron chi connectivity index (χ2n) is 4.36. The van der Waals surface area contributed by atoms with Gasteiger partial charge >= 0.3 is 0 Å². The van der Waals surface area contributed by atoms with Crippen LogP contribution in [0.4, 0.5) is 5.69 Å². The van der Waals surface area contributed by atoms with Gasteiger partial charge in [0.15, 0.2) is 0 Å². The van der Waals surface area contributed by atoms with E-state index in [-0.39, 0.29) is 0 Å². The van der Waals surface area contributed by atoms with Gasteiger partial charge in [-0.05, 0) is 75.6 Å². The highest BCUT2D eigenvalue weighted by molar-refractivity contribution is 14.1. The monoisotopic (exact) mass is 415 g/mol. The van der Waals surface area contributed by atoms with E-state index in [1.54, 1.807) is 0 Å². The van der Waals surface area contributed by atoms with Gasteiger partial charge in [-0.25, -0.2) is 0 Å². The maximum atomic E-state index is 3.53.